The van der Waals surface area contributed by atoms with Gasteiger partial charge in [-0.15, -0.1) is 0 Å². The zero-order chi connectivity index (χ0) is 14.1. The van der Waals surface area contributed by atoms with E-state index in [0.717, 1.165) is 31.1 Å². The Balaban J connectivity index is 2.77. The van der Waals surface area contributed by atoms with E-state index in [1.807, 2.05) is 12.1 Å². The van der Waals surface area contributed by atoms with Gasteiger partial charge in [-0.2, -0.15) is 0 Å². The van der Waals surface area contributed by atoms with Gasteiger partial charge < -0.3 is 14.8 Å². The van der Waals surface area contributed by atoms with Crippen molar-refractivity contribution in [2.24, 2.45) is 0 Å². The molecular formula is C16H27NO2. The molecule has 1 aromatic rings. The summed E-state index contributed by atoms with van der Waals surface area (Å²) in [6.45, 7) is 8.19. The Morgan fingerprint density at radius 1 is 1.21 bits per heavy atom. The third kappa shape index (κ3) is 5.11. The lowest BCUT2D eigenvalue weighted by atomic mass is 10.1. The van der Waals surface area contributed by atoms with Crippen molar-refractivity contribution < 1.29 is 9.47 Å². The quantitative estimate of drug-likeness (QED) is 0.686. The number of unbranched alkanes of at least 4 members (excludes halogenated alkanes) is 2. The van der Waals surface area contributed by atoms with Crippen LogP contribution in [0.2, 0.25) is 0 Å². The zero-order valence-corrected chi connectivity index (χ0v) is 12.7. The van der Waals surface area contributed by atoms with E-state index in [2.05, 4.69) is 32.2 Å². The first-order valence-corrected chi connectivity index (χ1v) is 7.27. The maximum atomic E-state index is 5.93. The highest BCUT2D eigenvalue weighted by Crippen LogP contribution is 2.29. The second-order valence-corrected chi connectivity index (χ2v) is 4.74. The molecule has 0 saturated carbocycles. The fraction of sp³-hybridized carbons (Fsp3) is 0.625. The molecule has 0 aliphatic carbocycles. The molecule has 108 valence electrons. The highest BCUT2D eigenvalue weighted by molar-refractivity contribution is 5.42. The monoisotopic (exact) mass is 265 g/mol. The summed E-state index contributed by atoms with van der Waals surface area (Å²) in [5, 5.41) is 3.42. The largest absolute Gasteiger partial charge is 0.497 e. The Labute approximate surface area is 117 Å². The van der Waals surface area contributed by atoms with E-state index < -0.39 is 0 Å². The summed E-state index contributed by atoms with van der Waals surface area (Å²) in [4.78, 5) is 0. The van der Waals surface area contributed by atoms with Crippen molar-refractivity contribution >= 4 is 0 Å². The summed E-state index contributed by atoms with van der Waals surface area (Å²) in [6.07, 6.45) is 3.52. The molecule has 0 amide bonds. The first-order chi connectivity index (χ1) is 9.22. The molecular weight excluding hydrogens is 238 g/mol. The summed E-state index contributed by atoms with van der Waals surface area (Å²) in [5.74, 6) is 1.78. The van der Waals surface area contributed by atoms with Gasteiger partial charge in [0.25, 0.3) is 0 Å². The molecule has 0 heterocycles. The van der Waals surface area contributed by atoms with Gasteiger partial charge in [0.1, 0.15) is 11.5 Å². The smallest absolute Gasteiger partial charge is 0.127 e. The summed E-state index contributed by atoms with van der Waals surface area (Å²) in [5.41, 5.74) is 1.19. The van der Waals surface area contributed by atoms with Crippen molar-refractivity contribution in [1.82, 2.24) is 5.32 Å². The first kappa shape index (κ1) is 15.8. The van der Waals surface area contributed by atoms with Crippen molar-refractivity contribution in [1.29, 1.82) is 0 Å². The number of benzene rings is 1. The Hall–Kier alpha value is -1.22. The van der Waals surface area contributed by atoms with Crippen LogP contribution < -0.4 is 14.8 Å². The lowest BCUT2D eigenvalue weighted by molar-refractivity contribution is 0.298. The van der Waals surface area contributed by atoms with Crippen LogP contribution >= 0.6 is 0 Å². The Kier molecular flexibility index (Phi) is 7.34. The van der Waals surface area contributed by atoms with Crippen LogP contribution in [0.5, 0.6) is 11.5 Å². The minimum atomic E-state index is 0.289. The molecule has 3 nitrogen and oxygen atoms in total. The minimum Gasteiger partial charge on any atom is -0.497 e. The van der Waals surface area contributed by atoms with Crippen molar-refractivity contribution in [2.75, 3.05) is 20.3 Å². The molecule has 1 rings (SSSR count). The lowest BCUT2D eigenvalue weighted by Gasteiger charge is -2.18. The molecule has 0 fully saturated rings. The van der Waals surface area contributed by atoms with E-state index in [-0.39, 0.29) is 6.04 Å². The van der Waals surface area contributed by atoms with Crippen LogP contribution in [0.25, 0.3) is 0 Å². The van der Waals surface area contributed by atoms with Gasteiger partial charge in [-0.1, -0.05) is 32.8 Å². The maximum Gasteiger partial charge on any atom is 0.127 e. The zero-order valence-electron chi connectivity index (χ0n) is 12.7. The number of hydrogen-bond acceptors (Lipinski definition) is 3. The van der Waals surface area contributed by atoms with Gasteiger partial charge in [0.15, 0.2) is 0 Å². The SMILES string of the molecule is CCCCCOc1cc(OC)ccc1C(C)NCC. The molecule has 0 aliphatic rings. The Morgan fingerprint density at radius 3 is 2.63 bits per heavy atom. The second kappa shape index (κ2) is 8.81. The molecule has 19 heavy (non-hydrogen) atoms. The van der Waals surface area contributed by atoms with Gasteiger partial charge in [-0.3, -0.25) is 0 Å². The maximum absolute atomic E-state index is 5.93. The van der Waals surface area contributed by atoms with Gasteiger partial charge in [-0.25, -0.2) is 0 Å². The molecule has 1 unspecified atom stereocenters. The van der Waals surface area contributed by atoms with E-state index in [1.54, 1.807) is 7.11 Å². The molecule has 3 heteroatoms. The van der Waals surface area contributed by atoms with E-state index in [9.17, 15) is 0 Å². The molecule has 1 N–H and O–H groups in total. The molecule has 0 aliphatic heterocycles. The van der Waals surface area contributed by atoms with Crippen LogP contribution in [-0.4, -0.2) is 20.3 Å². The van der Waals surface area contributed by atoms with Crippen LogP contribution in [-0.2, 0) is 0 Å². The van der Waals surface area contributed by atoms with Gasteiger partial charge >= 0.3 is 0 Å². The second-order valence-electron chi connectivity index (χ2n) is 4.74. The predicted molar refractivity (Wildman–Crippen MR) is 80.1 cm³/mol. The topological polar surface area (TPSA) is 30.5 Å². The summed E-state index contributed by atoms with van der Waals surface area (Å²) < 4.78 is 11.2. The molecule has 0 radical (unpaired) electrons. The summed E-state index contributed by atoms with van der Waals surface area (Å²) in [6, 6.07) is 6.34. The van der Waals surface area contributed by atoms with Crippen LogP contribution in [0.4, 0.5) is 0 Å². The van der Waals surface area contributed by atoms with Gasteiger partial charge in [0.2, 0.25) is 0 Å². The minimum absolute atomic E-state index is 0.289. The lowest BCUT2D eigenvalue weighted by Crippen LogP contribution is -2.18. The number of ether oxygens (including phenoxy) is 2. The number of methoxy groups -OCH3 is 1. The van der Waals surface area contributed by atoms with Crippen molar-refractivity contribution in [2.45, 2.75) is 46.1 Å². The average molecular weight is 265 g/mol. The fourth-order valence-corrected chi connectivity index (χ4v) is 2.07. The van der Waals surface area contributed by atoms with Gasteiger partial charge in [-0.05, 0) is 26.0 Å². The molecule has 0 aromatic heterocycles. The number of nitrogens with one attached hydrogen (secondary N) is 1. The van der Waals surface area contributed by atoms with Crippen LogP contribution in [0.3, 0.4) is 0 Å². The van der Waals surface area contributed by atoms with E-state index >= 15 is 0 Å². The van der Waals surface area contributed by atoms with E-state index in [4.69, 9.17) is 9.47 Å². The number of rotatable bonds is 9. The van der Waals surface area contributed by atoms with E-state index in [0.29, 0.717) is 0 Å². The van der Waals surface area contributed by atoms with Crippen LogP contribution in [0, 0.1) is 0 Å². The highest BCUT2D eigenvalue weighted by Gasteiger charge is 2.12. The molecule has 0 spiro atoms. The third-order valence-corrected chi connectivity index (χ3v) is 3.20. The highest BCUT2D eigenvalue weighted by atomic mass is 16.5. The van der Waals surface area contributed by atoms with Gasteiger partial charge in [0.05, 0.1) is 13.7 Å². The number of hydrogen-bond donors (Lipinski definition) is 1. The molecule has 0 bridgehead atoms. The fourth-order valence-electron chi connectivity index (χ4n) is 2.07. The summed E-state index contributed by atoms with van der Waals surface area (Å²) >= 11 is 0. The van der Waals surface area contributed by atoms with Gasteiger partial charge in [0, 0.05) is 17.7 Å². The predicted octanol–water partition coefficient (Wildman–Crippen LogP) is 3.93. The third-order valence-electron chi connectivity index (χ3n) is 3.20. The normalized spacial score (nSPS) is 12.2. The van der Waals surface area contributed by atoms with Crippen molar-refractivity contribution in [3.8, 4) is 11.5 Å². The van der Waals surface area contributed by atoms with E-state index in [1.165, 1.54) is 18.4 Å². The standard InChI is InChI=1S/C16H27NO2/c1-5-7-8-11-19-16-12-14(18-4)9-10-15(16)13(3)17-6-2/h9-10,12-13,17H,5-8,11H2,1-4H3. The Bertz CT molecular complexity index is 366. The van der Waals surface area contributed by atoms with Crippen LogP contribution in [0.15, 0.2) is 18.2 Å². The van der Waals surface area contributed by atoms with Crippen molar-refractivity contribution in [3.05, 3.63) is 23.8 Å². The van der Waals surface area contributed by atoms with Crippen LogP contribution in [0.1, 0.15) is 51.6 Å². The molecule has 1 atom stereocenters. The molecule has 0 saturated heterocycles. The Morgan fingerprint density at radius 2 is 2.00 bits per heavy atom. The molecule has 1 aromatic carbocycles. The van der Waals surface area contributed by atoms with Crippen molar-refractivity contribution in [3.63, 3.8) is 0 Å². The first-order valence-electron chi connectivity index (χ1n) is 7.27. The average Bonchev–Trinajstić information content (AvgIpc) is 2.43. The summed E-state index contributed by atoms with van der Waals surface area (Å²) in [7, 11) is 1.68.